The summed E-state index contributed by atoms with van der Waals surface area (Å²) in [6.45, 7) is 3.73. The molecule has 1 atom stereocenters. The van der Waals surface area contributed by atoms with Gasteiger partial charge in [0.2, 0.25) is 5.91 Å². The summed E-state index contributed by atoms with van der Waals surface area (Å²) in [5.74, 6) is 1.98. The maximum absolute atomic E-state index is 12.9. The molecule has 0 aliphatic carbocycles. The number of anilines is 2. The lowest BCUT2D eigenvalue weighted by Gasteiger charge is -2.15. The molecule has 0 aliphatic heterocycles. The summed E-state index contributed by atoms with van der Waals surface area (Å²) in [6.07, 6.45) is 0. The first-order valence-electron chi connectivity index (χ1n) is 11.9. The molecule has 0 aliphatic rings. The van der Waals surface area contributed by atoms with Crippen LogP contribution in [0.25, 0.3) is 5.69 Å². The van der Waals surface area contributed by atoms with E-state index in [1.807, 2.05) is 60.0 Å². The molecule has 0 unspecified atom stereocenters. The first kappa shape index (κ1) is 26.7. The van der Waals surface area contributed by atoms with Crippen LogP contribution >= 0.6 is 11.8 Å². The highest BCUT2D eigenvalue weighted by atomic mass is 32.2. The lowest BCUT2D eigenvalue weighted by Crippen LogP contribution is -2.23. The quantitative estimate of drug-likeness (QED) is 0.200. The molecule has 38 heavy (non-hydrogen) atoms. The van der Waals surface area contributed by atoms with Gasteiger partial charge in [-0.15, -0.1) is 10.2 Å². The van der Waals surface area contributed by atoms with Gasteiger partial charge in [0.15, 0.2) is 16.8 Å². The molecule has 4 rings (SSSR count). The van der Waals surface area contributed by atoms with Gasteiger partial charge in [-0.3, -0.25) is 14.2 Å². The van der Waals surface area contributed by atoms with Crippen LogP contribution in [0, 0.1) is 0 Å². The van der Waals surface area contributed by atoms with Gasteiger partial charge in [0.05, 0.1) is 26.0 Å². The summed E-state index contributed by atoms with van der Waals surface area (Å²) >= 11 is 1.31. The minimum Gasteiger partial charge on any atom is -0.497 e. The molecule has 1 amide bonds. The van der Waals surface area contributed by atoms with Crippen molar-refractivity contribution in [2.75, 3.05) is 24.9 Å². The van der Waals surface area contributed by atoms with E-state index in [1.165, 1.54) is 18.7 Å². The van der Waals surface area contributed by atoms with Crippen LogP contribution in [0.3, 0.4) is 0 Å². The maximum Gasteiger partial charge on any atom is 0.237 e. The molecule has 10 heteroatoms. The molecule has 0 bridgehead atoms. The van der Waals surface area contributed by atoms with Crippen LogP contribution in [0.15, 0.2) is 78.0 Å². The van der Waals surface area contributed by atoms with Crippen LogP contribution in [0.5, 0.6) is 11.5 Å². The zero-order chi connectivity index (χ0) is 27.1. The van der Waals surface area contributed by atoms with Crippen molar-refractivity contribution in [3.63, 3.8) is 0 Å². The Morgan fingerprint density at radius 3 is 2.03 bits per heavy atom. The Morgan fingerprint density at radius 1 is 0.868 bits per heavy atom. The number of nitrogens with one attached hydrogen (secondary N) is 2. The highest BCUT2D eigenvalue weighted by Crippen LogP contribution is 2.28. The Kier molecular flexibility index (Phi) is 8.65. The number of thioether (sulfide) groups is 1. The molecule has 4 aromatic rings. The molecule has 2 N–H and O–H groups in total. The van der Waals surface area contributed by atoms with Crippen LogP contribution in [-0.4, -0.2) is 45.9 Å². The van der Waals surface area contributed by atoms with Gasteiger partial charge in [-0.1, -0.05) is 11.8 Å². The second-order valence-corrected chi connectivity index (χ2v) is 9.71. The number of carbonyl (C=O) groups is 2. The van der Waals surface area contributed by atoms with Crippen LogP contribution in [0.2, 0.25) is 0 Å². The van der Waals surface area contributed by atoms with E-state index in [-0.39, 0.29) is 11.7 Å². The number of aromatic nitrogens is 3. The number of Topliss-reactive ketones (excluding diaryl/α,β-unsaturated/α-hetero) is 1. The first-order valence-corrected chi connectivity index (χ1v) is 12.8. The number of benzene rings is 3. The topological polar surface area (TPSA) is 107 Å². The Labute approximate surface area is 225 Å². The zero-order valence-corrected chi connectivity index (χ0v) is 22.4. The number of rotatable bonds is 11. The predicted molar refractivity (Wildman–Crippen MR) is 149 cm³/mol. The van der Waals surface area contributed by atoms with Crippen molar-refractivity contribution in [2.45, 2.75) is 30.8 Å². The predicted octanol–water partition coefficient (Wildman–Crippen LogP) is 5.22. The third kappa shape index (κ3) is 6.51. The highest BCUT2D eigenvalue weighted by Gasteiger charge is 2.21. The van der Waals surface area contributed by atoms with Gasteiger partial charge >= 0.3 is 0 Å². The first-order chi connectivity index (χ1) is 18.4. The van der Waals surface area contributed by atoms with Crippen molar-refractivity contribution in [3.05, 3.63) is 84.2 Å². The Bertz CT molecular complexity index is 1390. The molecule has 1 aromatic heterocycles. The number of hydrogen-bond donors (Lipinski definition) is 2. The van der Waals surface area contributed by atoms with E-state index in [0.29, 0.717) is 28.8 Å². The highest BCUT2D eigenvalue weighted by molar-refractivity contribution is 8.00. The smallest absolute Gasteiger partial charge is 0.237 e. The molecule has 3 aromatic carbocycles. The Balaban J connectivity index is 1.53. The van der Waals surface area contributed by atoms with Gasteiger partial charge in [0.1, 0.15) is 11.5 Å². The Hall–Kier alpha value is -4.31. The second-order valence-electron chi connectivity index (χ2n) is 8.40. The number of nitrogens with zero attached hydrogens (tertiary/aromatic N) is 3. The lowest BCUT2D eigenvalue weighted by atomic mass is 10.1. The molecule has 0 saturated carbocycles. The molecule has 1 heterocycles. The number of methoxy groups -OCH3 is 2. The van der Waals surface area contributed by atoms with Crippen LogP contribution < -0.4 is 20.1 Å². The van der Waals surface area contributed by atoms with Crippen molar-refractivity contribution in [1.82, 2.24) is 14.8 Å². The molecule has 196 valence electrons. The zero-order valence-electron chi connectivity index (χ0n) is 21.6. The van der Waals surface area contributed by atoms with Crippen LogP contribution in [0.1, 0.15) is 30.0 Å². The summed E-state index contributed by atoms with van der Waals surface area (Å²) in [4.78, 5) is 24.4. The molecule has 0 saturated heterocycles. The minimum absolute atomic E-state index is 0.0260. The molecular formula is C28H29N5O4S. The number of hydrogen-bond acceptors (Lipinski definition) is 8. The lowest BCUT2D eigenvalue weighted by molar-refractivity contribution is -0.115. The van der Waals surface area contributed by atoms with E-state index in [2.05, 4.69) is 20.8 Å². The van der Waals surface area contributed by atoms with Crippen LogP contribution in [0.4, 0.5) is 11.4 Å². The van der Waals surface area contributed by atoms with Crippen molar-refractivity contribution in [3.8, 4) is 17.2 Å². The van der Waals surface area contributed by atoms with Crippen molar-refractivity contribution < 1.29 is 19.1 Å². The van der Waals surface area contributed by atoms with E-state index >= 15 is 0 Å². The minimum atomic E-state index is -0.467. The van der Waals surface area contributed by atoms with Crippen LogP contribution in [-0.2, 0) is 11.3 Å². The number of ketones is 1. The SMILES string of the molecule is COc1ccc(NCc2nnc(S[C@@H](C)C(=O)Nc3ccc(C(C)=O)cc3)n2-c2ccc(OC)cc2)cc1. The van der Waals surface area contributed by atoms with Crippen molar-refractivity contribution in [1.29, 1.82) is 0 Å². The average Bonchev–Trinajstić information content (AvgIpc) is 3.34. The average molecular weight is 532 g/mol. The van der Waals surface area contributed by atoms with Gasteiger partial charge in [-0.05, 0) is 86.6 Å². The summed E-state index contributed by atoms with van der Waals surface area (Å²) in [5, 5.41) is 15.2. The molecular weight excluding hydrogens is 502 g/mol. The third-order valence-electron chi connectivity index (χ3n) is 5.78. The van der Waals surface area contributed by atoms with Crippen molar-refractivity contribution >= 4 is 34.8 Å². The molecule has 0 fully saturated rings. The van der Waals surface area contributed by atoms with E-state index in [0.717, 1.165) is 22.9 Å². The largest absolute Gasteiger partial charge is 0.497 e. The van der Waals surface area contributed by atoms with Gasteiger partial charge < -0.3 is 20.1 Å². The second kappa shape index (κ2) is 12.3. The standard InChI is InChI=1S/C28H29N5O4S/c1-18(34)20-5-7-22(8-6-20)30-27(35)19(2)38-28-32-31-26(17-29-21-9-13-24(36-3)14-10-21)33(28)23-11-15-25(37-4)16-12-23/h5-16,19,29H,17H2,1-4H3,(H,30,35)/t19-/m0/s1. The molecule has 0 spiro atoms. The van der Waals surface area contributed by atoms with Gasteiger partial charge in [-0.2, -0.15) is 0 Å². The number of amides is 1. The fraction of sp³-hybridized carbons (Fsp3) is 0.214. The van der Waals surface area contributed by atoms with E-state index in [4.69, 9.17) is 9.47 Å². The fourth-order valence-corrected chi connectivity index (χ4v) is 4.50. The molecule has 9 nitrogen and oxygen atoms in total. The number of ether oxygens (including phenoxy) is 2. The fourth-order valence-electron chi connectivity index (χ4n) is 3.62. The summed E-state index contributed by atoms with van der Waals surface area (Å²) in [6, 6.07) is 22.0. The number of carbonyl (C=O) groups excluding carboxylic acids is 2. The summed E-state index contributed by atoms with van der Waals surface area (Å²) < 4.78 is 12.5. The van der Waals surface area contributed by atoms with E-state index < -0.39 is 5.25 Å². The monoisotopic (exact) mass is 531 g/mol. The Morgan fingerprint density at radius 2 is 1.45 bits per heavy atom. The third-order valence-corrected chi connectivity index (χ3v) is 6.82. The normalized spacial score (nSPS) is 11.5. The van der Waals surface area contributed by atoms with Gasteiger partial charge in [-0.25, -0.2) is 0 Å². The van der Waals surface area contributed by atoms with E-state index in [9.17, 15) is 9.59 Å². The van der Waals surface area contributed by atoms with Crippen molar-refractivity contribution in [2.24, 2.45) is 0 Å². The summed E-state index contributed by atoms with van der Waals surface area (Å²) in [5.41, 5.74) is 2.97. The van der Waals surface area contributed by atoms with Gasteiger partial charge in [0, 0.05) is 22.6 Å². The summed E-state index contributed by atoms with van der Waals surface area (Å²) in [7, 11) is 3.25. The molecule has 0 radical (unpaired) electrons. The van der Waals surface area contributed by atoms with Gasteiger partial charge in [0.25, 0.3) is 0 Å². The maximum atomic E-state index is 12.9. The van der Waals surface area contributed by atoms with E-state index in [1.54, 1.807) is 38.5 Å².